The second-order valence-corrected chi connectivity index (χ2v) is 6.97. The zero-order valence-electron chi connectivity index (χ0n) is 13.1. The Morgan fingerprint density at radius 1 is 1.05 bits per heavy atom. The van der Waals surface area contributed by atoms with Crippen LogP contribution < -0.4 is 15.7 Å². The summed E-state index contributed by atoms with van der Waals surface area (Å²) in [5, 5.41) is 3.13. The molecule has 0 amide bonds. The summed E-state index contributed by atoms with van der Waals surface area (Å²) in [6.07, 6.45) is 1.01. The maximum absolute atomic E-state index is 12.3. The fourth-order valence-electron chi connectivity index (χ4n) is 2.31. The summed E-state index contributed by atoms with van der Waals surface area (Å²) in [5.41, 5.74) is 1.12. The summed E-state index contributed by atoms with van der Waals surface area (Å²) in [6.45, 7) is 3.82. The zero-order valence-corrected chi connectivity index (χ0v) is 13.9. The molecule has 8 heteroatoms. The third-order valence-electron chi connectivity index (χ3n) is 3.57. The smallest absolute Gasteiger partial charge is 0.315 e. The number of nitrogens with one attached hydrogen (secondary N) is 2. The van der Waals surface area contributed by atoms with Crippen molar-refractivity contribution in [1.29, 1.82) is 0 Å². The third kappa shape index (κ3) is 3.23. The van der Waals surface area contributed by atoms with Gasteiger partial charge in [0, 0.05) is 27.2 Å². The van der Waals surface area contributed by atoms with Crippen LogP contribution in [0.2, 0.25) is 0 Å². The predicted molar refractivity (Wildman–Crippen MR) is 86.5 cm³/mol. The first-order valence-corrected chi connectivity index (χ1v) is 8.72. The number of nitrogens with zero attached hydrogens (tertiary/aromatic N) is 2. The van der Waals surface area contributed by atoms with Gasteiger partial charge in [-0.25, -0.2) is 17.9 Å². The summed E-state index contributed by atoms with van der Waals surface area (Å²) in [4.78, 5) is 12.0. The van der Waals surface area contributed by atoms with Crippen molar-refractivity contribution in [2.45, 2.75) is 18.2 Å². The monoisotopic (exact) mass is 326 g/mol. The van der Waals surface area contributed by atoms with Crippen LogP contribution in [0.1, 0.15) is 13.3 Å². The molecule has 7 nitrogen and oxygen atoms in total. The Kier molecular flexibility index (Phi) is 5.05. The lowest BCUT2D eigenvalue weighted by Gasteiger charge is -2.08. The van der Waals surface area contributed by atoms with Gasteiger partial charge in [0.25, 0.3) is 0 Å². The van der Waals surface area contributed by atoms with Gasteiger partial charge in [0.1, 0.15) is 0 Å². The third-order valence-corrected chi connectivity index (χ3v) is 5.03. The SMILES string of the molecule is CCCNCCNS(=O)(=O)c1ccc2c(c1)n(C)c(=O)n2C. The highest BCUT2D eigenvalue weighted by molar-refractivity contribution is 7.89. The van der Waals surface area contributed by atoms with E-state index in [4.69, 9.17) is 0 Å². The zero-order chi connectivity index (χ0) is 16.3. The van der Waals surface area contributed by atoms with Crippen LogP contribution in [0.25, 0.3) is 11.0 Å². The molecule has 2 N–H and O–H groups in total. The number of hydrogen-bond donors (Lipinski definition) is 2. The van der Waals surface area contributed by atoms with Crippen LogP contribution in [0.5, 0.6) is 0 Å². The van der Waals surface area contributed by atoms with Crippen molar-refractivity contribution in [2.24, 2.45) is 14.1 Å². The number of imidazole rings is 1. The van der Waals surface area contributed by atoms with Gasteiger partial charge in [-0.05, 0) is 31.2 Å². The molecule has 1 aromatic carbocycles. The van der Waals surface area contributed by atoms with Crippen LogP contribution in [0.3, 0.4) is 0 Å². The molecule has 22 heavy (non-hydrogen) atoms. The van der Waals surface area contributed by atoms with Gasteiger partial charge in [-0.15, -0.1) is 0 Å². The molecular formula is C14H22N4O3S. The van der Waals surface area contributed by atoms with Gasteiger partial charge in [-0.1, -0.05) is 6.92 Å². The Balaban J connectivity index is 2.23. The van der Waals surface area contributed by atoms with E-state index >= 15 is 0 Å². The van der Waals surface area contributed by atoms with E-state index in [0.717, 1.165) is 13.0 Å². The van der Waals surface area contributed by atoms with E-state index in [-0.39, 0.29) is 10.6 Å². The van der Waals surface area contributed by atoms with E-state index in [0.29, 0.717) is 24.1 Å². The lowest BCUT2D eigenvalue weighted by atomic mass is 10.3. The summed E-state index contributed by atoms with van der Waals surface area (Å²) >= 11 is 0. The van der Waals surface area contributed by atoms with Gasteiger partial charge < -0.3 is 5.32 Å². The molecule has 0 aliphatic heterocycles. The van der Waals surface area contributed by atoms with Gasteiger partial charge in [0.05, 0.1) is 15.9 Å². The van der Waals surface area contributed by atoms with Gasteiger partial charge in [-0.2, -0.15) is 0 Å². The molecule has 1 heterocycles. The average molecular weight is 326 g/mol. The second-order valence-electron chi connectivity index (χ2n) is 5.20. The largest absolute Gasteiger partial charge is 0.328 e. The Morgan fingerprint density at radius 3 is 2.41 bits per heavy atom. The summed E-state index contributed by atoms with van der Waals surface area (Å²) < 4.78 is 30.0. The van der Waals surface area contributed by atoms with Gasteiger partial charge >= 0.3 is 5.69 Å². The van der Waals surface area contributed by atoms with E-state index in [9.17, 15) is 13.2 Å². The number of aryl methyl sites for hydroxylation is 2. The van der Waals surface area contributed by atoms with Crippen LogP contribution in [-0.4, -0.2) is 37.2 Å². The molecule has 2 rings (SSSR count). The van der Waals surface area contributed by atoms with E-state index in [1.807, 2.05) is 0 Å². The van der Waals surface area contributed by atoms with Crippen LogP contribution in [0.15, 0.2) is 27.9 Å². The maximum Gasteiger partial charge on any atom is 0.328 e. The molecule has 2 aromatic rings. The maximum atomic E-state index is 12.3. The molecule has 0 fully saturated rings. The molecule has 0 atom stereocenters. The summed E-state index contributed by atoms with van der Waals surface area (Å²) in [7, 11) is -0.283. The average Bonchev–Trinajstić information content (AvgIpc) is 2.71. The van der Waals surface area contributed by atoms with Crippen molar-refractivity contribution >= 4 is 21.1 Å². The van der Waals surface area contributed by atoms with Crippen molar-refractivity contribution in [3.8, 4) is 0 Å². The number of aromatic nitrogens is 2. The van der Waals surface area contributed by atoms with Gasteiger partial charge in [0.2, 0.25) is 10.0 Å². The molecule has 0 unspecified atom stereocenters. The van der Waals surface area contributed by atoms with E-state index in [1.54, 1.807) is 20.2 Å². The van der Waals surface area contributed by atoms with Crippen molar-refractivity contribution in [1.82, 2.24) is 19.2 Å². The lowest BCUT2D eigenvalue weighted by Crippen LogP contribution is -2.32. The minimum absolute atomic E-state index is 0.164. The van der Waals surface area contributed by atoms with Crippen molar-refractivity contribution in [3.63, 3.8) is 0 Å². The first-order valence-electron chi connectivity index (χ1n) is 7.24. The fourth-order valence-corrected chi connectivity index (χ4v) is 3.36. The number of fused-ring (bicyclic) bond motifs is 1. The normalized spacial score (nSPS) is 12.1. The van der Waals surface area contributed by atoms with Gasteiger partial charge in [-0.3, -0.25) is 9.13 Å². The summed E-state index contributed by atoms with van der Waals surface area (Å²) in [6, 6.07) is 4.70. The van der Waals surface area contributed by atoms with Crippen molar-refractivity contribution < 1.29 is 8.42 Å². The molecule has 0 aliphatic carbocycles. The van der Waals surface area contributed by atoms with E-state index < -0.39 is 10.0 Å². The molecule has 122 valence electrons. The molecule has 0 radical (unpaired) electrons. The first-order chi connectivity index (χ1) is 10.4. The van der Waals surface area contributed by atoms with Crippen LogP contribution >= 0.6 is 0 Å². The number of hydrogen-bond acceptors (Lipinski definition) is 4. The van der Waals surface area contributed by atoms with E-state index in [2.05, 4.69) is 17.0 Å². The molecule has 0 aliphatic rings. The van der Waals surface area contributed by atoms with Crippen LogP contribution in [0.4, 0.5) is 0 Å². The predicted octanol–water partition coefficient (Wildman–Crippen LogP) is 0.155. The Morgan fingerprint density at radius 2 is 1.73 bits per heavy atom. The number of benzene rings is 1. The Hall–Kier alpha value is -1.64. The second kappa shape index (κ2) is 6.64. The fraction of sp³-hybridized carbons (Fsp3) is 0.500. The van der Waals surface area contributed by atoms with E-state index in [1.165, 1.54) is 21.3 Å². The highest BCUT2D eigenvalue weighted by Gasteiger charge is 2.16. The Bertz CT molecular complexity index is 820. The molecule has 1 aromatic heterocycles. The number of sulfonamides is 1. The summed E-state index contributed by atoms with van der Waals surface area (Å²) in [5.74, 6) is 0. The molecule has 0 spiro atoms. The standard InChI is InChI=1S/C14H22N4O3S/c1-4-7-15-8-9-16-22(20,21)11-5-6-12-13(10-11)18(3)14(19)17(12)2/h5-6,10,15-16H,4,7-9H2,1-3H3. The van der Waals surface area contributed by atoms with Crippen LogP contribution in [-0.2, 0) is 24.1 Å². The topological polar surface area (TPSA) is 85.1 Å². The minimum Gasteiger partial charge on any atom is -0.315 e. The highest BCUT2D eigenvalue weighted by Crippen LogP contribution is 2.17. The molecular weight excluding hydrogens is 304 g/mol. The van der Waals surface area contributed by atoms with Gasteiger partial charge in [0.15, 0.2) is 0 Å². The van der Waals surface area contributed by atoms with Crippen molar-refractivity contribution in [3.05, 3.63) is 28.7 Å². The lowest BCUT2D eigenvalue weighted by molar-refractivity contribution is 0.575. The minimum atomic E-state index is -3.57. The van der Waals surface area contributed by atoms with Crippen molar-refractivity contribution in [2.75, 3.05) is 19.6 Å². The quantitative estimate of drug-likeness (QED) is 0.710. The Labute approximate surface area is 130 Å². The first kappa shape index (κ1) is 16.7. The molecule has 0 bridgehead atoms. The highest BCUT2D eigenvalue weighted by atomic mass is 32.2. The molecule has 0 saturated carbocycles. The molecule has 0 saturated heterocycles. The number of rotatable bonds is 7. The van der Waals surface area contributed by atoms with Crippen LogP contribution in [0, 0.1) is 0 Å².